The average molecular weight is 261 g/mol. The summed E-state index contributed by atoms with van der Waals surface area (Å²) < 4.78 is 2.34. The van der Waals surface area contributed by atoms with E-state index >= 15 is 0 Å². The van der Waals surface area contributed by atoms with E-state index < -0.39 is 0 Å². The maximum Gasteiger partial charge on any atom is 0.227 e. The zero-order valence-electron chi connectivity index (χ0n) is 12.0. The lowest BCUT2D eigenvalue weighted by molar-refractivity contribution is -0.139. The Morgan fingerprint density at radius 3 is 2.79 bits per heavy atom. The van der Waals surface area contributed by atoms with E-state index in [0.717, 1.165) is 26.1 Å². The minimum Gasteiger partial charge on any atom is -0.345 e. The van der Waals surface area contributed by atoms with Crippen molar-refractivity contribution in [3.63, 3.8) is 0 Å². The van der Waals surface area contributed by atoms with Crippen molar-refractivity contribution < 1.29 is 4.79 Å². The van der Waals surface area contributed by atoms with E-state index in [-0.39, 0.29) is 12.0 Å². The Balaban J connectivity index is 1.82. The van der Waals surface area contributed by atoms with Crippen LogP contribution in [0, 0.1) is 12.8 Å². The third-order valence-electron chi connectivity index (χ3n) is 4.82. The molecule has 4 heteroatoms. The molecule has 3 heterocycles. The lowest BCUT2D eigenvalue weighted by Gasteiger charge is -2.37. The van der Waals surface area contributed by atoms with Gasteiger partial charge in [-0.15, -0.1) is 0 Å². The number of rotatable bonds is 1. The van der Waals surface area contributed by atoms with Gasteiger partial charge in [0.1, 0.15) is 0 Å². The van der Waals surface area contributed by atoms with E-state index in [1.54, 1.807) is 0 Å². The van der Waals surface area contributed by atoms with E-state index in [1.165, 1.54) is 11.4 Å². The molecular formula is C15H23N3O. The summed E-state index contributed by atoms with van der Waals surface area (Å²) in [5, 5.41) is 3.37. The third kappa shape index (κ3) is 1.98. The molecule has 0 radical (unpaired) electrons. The maximum atomic E-state index is 12.7. The second-order valence-corrected chi connectivity index (χ2v) is 5.90. The molecule has 0 bridgehead atoms. The van der Waals surface area contributed by atoms with Crippen LogP contribution in [-0.4, -0.2) is 34.5 Å². The Bertz CT molecular complexity index is 494. The molecule has 0 spiro atoms. The Labute approximate surface area is 114 Å². The van der Waals surface area contributed by atoms with Crippen molar-refractivity contribution >= 4 is 5.91 Å². The molecule has 19 heavy (non-hydrogen) atoms. The number of hydrogen-bond acceptors (Lipinski definition) is 2. The van der Waals surface area contributed by atoms with Crippen molar-refractivity contribution in [1.82, 2.24) is 14.8 Å². The van der Waals surface area contributed by atoms with Crippen LogP contribution in [0.25, 0.3) is 0 Å². The van der Waals surface area contributed by atoms with Crippen LogP contribution < -0.4 is 5.32 Å². The van der Waals surface area contributed by atoms with Crippen molar-refractivity contribution in [2.45, 2.75) is 45.8 Å². The summed E-state index contributed by atoms with van der Waals surface area (Å²) in [4.78, 5) is 14.8. The zero-order valence-corrected chi connectivity index (χ0v) is 12.0. The third-order valence-corrected chi connectivity index (χ3v) is 4.82. The number of carbonyl (C=O) groups is 1. The summed E-state index contributed by atoms with van der Waals surface area (Å²) in [6, 6.07) is 4.83. The van der Waals surface area contributed by atoms with Crippen LogP contribution in [-0.2, 0) is 11.3 Å². The molecule has 2 aliphatic heterocycles. The molecule has 104 valence electrons. The molecule has 2 aliphatic rings. The minimum atomic E-state index is 0.157. The Morgan fingerprint density at radius 1 is 1.32 bits per heavy atom. The molecule has 1 saturated heterocycles. The molecule has 1 N–H and O–H groups in total. The van der Waals surface area contributed by atoms with Gasteiger partial charge in [0.15, 0.2) is 0 Å². The van der Waals surface area contributed by atoms with Gasteiger partial charge in [-0.1, -0.05) is 0 Å². The lowest BCUT2D eigenvalue weighted by Crippen LogP contribution is -2.46. The molecule has 0 aliphatic carbocycles. The number of hydrogen-bond donors (Lipinski definition) is 1. The molecule has 1 aromatic heterocycles. The minimum absolute atomic E-state index is 0.157. The fraction of sp³-hybridized carbons (Fsp3) is 0.667. The number of amides is 1. The van der Waals surface area contributed by atoms with Gasteiger partial charge in [0, 0.05) is 30.5 Å². The van der Waals surface area contributed by atoms with Crippen LogP contribution >= 0.6 is 0 Å². The van der Waals surface area contributed by atoms with Crippen LogP contribution in [0.3, 0.4) is 0 Å². The quantitative estimate of drug-likeness (QED) is 0.835. The average Bonchev–Trinajstić information content (AvgIpc) is 2.97. The molecule has 0 saturated carbocycles. The number of fused-ring (bicyclic) bond motifs is 1. The number of carbonyl (C=O) groups excluding carboxylic acids is 1. The molecule has 1 amide bonds. The summed E-state index contributed by atoms with van der Waals surface area (Å²) in [5.41, 5.74) is 2.57. The van der Waals surface area contributed by atoms with Crippen LogP contribution in [0.5, 0.6) is 0 Å². The number of aromatic nitrogens is 1. The molecule has 0 aromatic carbocycles. The first-order chi connectivity index (χ1) is 9.09. The second kappa shape index (κ2) is 4.67. The van der Waals surface area contributed by atoms with Gasteiger partial charge in [-0.05, 0) is 45.9 Å². The maximum absolute atomic E-state index is 12.7. The standard InChI is InChI=1S/C15H23N3O/c1-10-4-5-14-12(3)18(9-8-17(10)14)15(19)13-6-7-16-11(13)2/h4-5,11-13,16H,6-9H2,1-3H3. The monoisotopic (exact) mass is 261 g/mol. The summed E-state index contributed by atoms with van der Waals surface area (Å²) in [6.45, 7) is 9.14. The number of nitrogens with zero attached hydrogens (tertiary/aromatic N) is 2. The van der Waals surface area contributed by atoms with Gasteiger partial charge < -0.3 is 14.8 Å². The van der Waals surface area contributed by atoms with Crippen molar-refractivity contribution in [1.29, 1.82) is 0 Å². The van der Waals surface area contributed by atoms with Gasteiger partial charge in [-0.3, -0.25) is 4.79 Å². The first-order valence-corrected chi connectivity index (χ1v) is 7.29. The van der Waals surface area contributed by atoms with Crippen LogP contribution in [0.4, 0.5) is 0 Å². The fourth-order valence-corrected chi connectivity index (χ4v) is 3.53. The fourth-order valence-electron chi connectivity index (χ4n) is 3.53. The van der Waals surface area contributed by atoms with Crippen LogP contribution in [0.15, 0.2) is 12.1 Å². The van der Waals surface area contributed by atoms with E-state index in [0.29, 0.717) is 11.9 Å². The molecule has 1 fully saturated rings. The van der Waals surface area contributed by atoms with Crippen LogP contribution in [0.1, 0.15) is 37.7 Å². The predicted octanol–water partition coefficient (Wildman–Crippen LogP) is 1.70. The number of aryl methyl sites for hydroxylation is 1. The molecule has 4 nitrogen and oxygen atoms in total. The SMILES string of the molecule is Cc1ccc2n1CCN(C(=O)C1CCNC1C)C2C. The topological polar surface area (TPSA) is 37.3 Å². The van der Waals surface area contributed by atoms with Gasteiger partial charge in [-0.2, -0.15) is 0 Å². The highest BCUT2D eigenvalue weighted by molar-refractivity contribution is 5.80. The van der Waals surface area contributed by atoms with Crippen molar-refractivity contribution in [3.8, 4) is 0 Å². The van der Waals surface area contributed by atoms with Crippen molar-refractivity contribution in [2.75, 3.05) is 13.1 Å². The van der Waals surface area contributed by atoms with E-state index in [9.17, 15) is 4.79 Å². The normalized spacial score (nSPS) is 30.5. The van der Waals surface area contributed by atoms with Gasteiger partial charge in [0.05, 0.1) is 12.0 Å². The smallest absolute Gasteiger partial charge is 0.227 e. The largest absolute Gasteiger partial charge is 0.345 e. The Hall–Kier alpha value is -1.29. The van der Waals surface area contributed by atoms with Gasteiger partial charge in [-0.25, -0.2) is 0 Å². The second-order valence-electron chi connectivity index (χ2n) is 5.90. The van der Waals surface area contributed by atoms with Gasteiger partial charge >= 0.3 is 0 Å². The molecule has 3 atom stereocenters. The highest BCUT2D eigenvalue weighted by atomic mass is 16.2. The first kappa shape index (κ1) is 12.7. The zero-order chi connectivity index (χ0) is 13.6. The van der Waals surface area contributed by atoms with E-state index in [2.05, 4.69) is 47.7 Å². The summed E-state index contributed by atoms with van der Waals surface area (Å²) in [6.07, 6.45) is 0.975. The summed E-state index contributed by atoms with van der Waals surface area (Å²) in [5.74, 6) is 0.486. The lowest BCUT2D eigenvalue weighted by atomic mass is 9.98. The first-order valence-electron chi connectivity index (χ1n) is 7.29. The summed E-state index contributed by atoms with van der Waals surface area (Å²) >= 11 is 0. The van der Waals surface area contributed by atoms with E-state index in [1.807, 2.05) is 0 Å². The Morgan fingerprint density at radius 2 is 2.11 bits per heavy atom. The van der Waals surface area contributed by atoms with Crippen molar-refractivity contribution in [2.24, 2.45) is 5.92 Å². The van der Waals surface area contributed by atoms with Gasteiger partial charge in [0.25, 0.3) is 0 Å². The highest BCUT2D eigenvalue weighted by Crippen LogP contribution is 2.30. The Kier molecular flexibility index (Phi) is 3.13. The van der Waals surface area contributed by atoms with Gasteiger partial charge in [0.2, 0.25) is 5.91 Å². The van der Waals surface area contributed by atoms with Crippen LogP contribution in [0.2, 0.25) is 0 Å². The van der Waals surface area contributed by atoms with Crippen molar-refractivity contribution in [3.05, 3.63) is 23.5 Å². The molecule has 1 aromatic rings. The van der Waals surface area contributed by atoms with E-state index in [4.69, 9.17) is 0 Å². The highest BCUT2D eigenvalue weighted by Gasteiger charge is 2.36. The molecule has 3 unspecified atom stereocenters. The molecule has 3 rings (SSSR count). The summed E-state index contributed by atoms with van der Waals surface area (Å²) in [7, 11) is 0. The molecular weight excluding hydrogens is 238 g/mol. The predicted molar refractivity (Wildman–Crippen MR) is 74.9 cm³/mol. The number of nitrogens with one attached hydrogen (secondary N) is 1.